The number of carbonyl (C=O) groups is 6. The number of para-hydroxylation sites is 1. The van der Waals surface area contributed by atoms with Crippen LogP contribution in [-0.4, -0.2) is 109 Å². The molecule has 2 N–H and O–H groups in total. The van der Waals surface area contributed by atoms with Crippen molar-refractivity contribution in [3.05, 3.63) is 30.3 Å². The molecule has 0 radical (unpaired) electrons. The molecule has 2 aromatic rings. The minimum atomic E-state index is -1.32. The number of aromatic nitrogens is 4. The number of hydrogen-bond donors (Lipinski definition) is 2. The highest BCUT2D eigenvalue weighted by molar-refractivity contribution is 7.99. The number of ketones is 1. The number of esters is 1. The molecule has 0 aliphatic carbocycles. The highest BCUT2D eigenvalue weighted by Crippen LogP contribution is 2.26. The first-order valence-electron chi connectivity index (χ1n) is 14.4. The van der Waals surface area contributed by atoms with Crippen molar-refractivity contribution < 1.29 is 38.2 Å². The number of nitrogens with zero attached hydrogens (tertiary/aromatic N) is 6. The standard InChI is InChI=1S/C28H36N8O8S/c1-28(2,3)44-23(39)15-19(21(37)16-45-26-31-32-33-35(26)17-9-6-5-7-10-17)29-24(40)20-11-8-14-34-22(38)13-12-18(25(41)36(20)34)30-27(42)43-4/h5-7,9-10,18-20H,8,11-16H2,1-4H3,(H,29,40)(H,30,42). The van der Waals surface area contributed by atoms with Crippen LogP contribution in [0.1, 0.15) is 52.9 Å². The minimum Gasteiger partial charge on any atom is -0.460 e. The van der Waals surface area contributed by atoms with Crippen LogP contribution < -0.4 is 10.6 Å². The topological polar surface area (TPSA) is 195 Å². The Kier molecular flexibility index (Phi) is 10.7. The fraction of sp³-hybridized carbons (Fsp3) is 0.536. The number of fused-ring (bicyclic) bond motifs is 1. The molecule has 0 bridgehead atoms. The van der Waals surface area contributed by atoms with E-state index in [1.54, 1.807) is 32.9 Å². The zero-order valence-electron chi connectivity index (χ0n) is 25.4. The second-order valence-corrected chi connectivity index (χ2v) is 12.3. The first-order chi connectivity index (χ1) is 21.4. The van der Waals surface area contributed by atoms with E-state index < -0.39 is 59.8 Å². The first kappa shape index (κ1) is 33.4. The summed E-state index contributed by atoms with van der Waals surface area (Å²) in [6, 6.07) is 5.44. The van der Waals surface area contributed by atoms with E-state index in [0.717, 1.165) is 23.9 Å². The molecule has 4 rings (SSSR count). The van der Waals surface area contributed by atoms with Crippen molar-refractivity contribution in [1.29, 1.82) is 0 Å². The molecule has 2 aliphatic heterocycles. The van der Waals surface area contributed by atoms with Gasteiger partial charge in [-0.15, -0.1) is 5.10 Å². The third kappa shape index (κ3) is 8.55. The number of Topliss-reactive ketones (excluding diaryl/α,β-unsaturated/α-hetero) is 1. The number of rotatable bonds is 10. The number of alkyl carbamates (subject to hydrolysis) is 1. The highest BCUT2D eigenvalue weighted by atomic mass is 32.2. The summed E-state index contributed by atoms with van der Waals surface area (Å²) >= 11 is 1.02. The van der Waals surface area contributed by atoms with Crippen LogP contribution in [0.2, 0.25) is 0 Å². The van der Waals surface area contributed by atoms with Crippen molar-refractivity contribution in [2.75, 3.05) is 19.4 Å². The van der Waals surface area contributed by atoms with E-state index in [1.807, 2.05) is 18.2 Å². The molecule has 0 spiro atoms. The van der Waals surface area contributed by atoms with Crippen LogP contribution in [-0.2, 0) is 33.4 Å². The van der Waals surface area contributed by atoms with E-state index in [2.05, 4.69) is 30.9 Å². The number of nitrogens with one attached hydrogen (secondary N) is 2. The molecule has 0 saturated carbocycles. The number of tetrazole rings is 1. The Balaban J connectivity index is 1.53. The van der Waals surface area contributed by atoms with Crippen molar-refractivity contribution in [2.24, 2.45) is 0 Å². The zero-order valence-corrected chi connectivity index (χ0v) is 26.2. The van der Waals surface area contributed by atoms with Gasteiger partial charge in [-0.1, -0.05) is 30.0 Å². The second-order valence-electron chi connectivity index (χ2n) is 11.4. The Bertz CT molecular complexity index is 1430. The smallest absolute Gasteiger partial charge is 0.407 e. The lowest BCUT2D eigenvalue weighted by Gasteiger charge is -2.43. The van der Waals surface area contributed by atoms with Gasteiger partial charge in [0.25, 0.3) is 5.91 Å². The maximum atomic E-state index is 13.8. The van der Waals surface area contributed by atoms with Gasteiger partial charge in [0.05, 0.1) is 31.0 Å². The third-order valence-corrected chi connectivity index (χ3v) is 7.86. The molecule has 3 unspecified atom stereocenters. The third-order valence-electron chi connectivity index (χ3n) is 6.92. The zero-order chi connectivity index (χ0) is 32.7. The number of benzene rings is 1. The number of hydrazine groups is 1. The number of thioether (sulfide) groups is 1. The van der Waals surface area contributed by atoms with E-state index in [-0.39, 0.29) is 37.5 Å². The summed E-state index contributed by atoms with van der Waals surface area (Å²) in [5.74, 6) is -3.22. The van der Waals surface area contributed by atoms with E-state index in [4.69, 9.17) is 4.74 Å². The van der Waals surface area contributed by atoms with Crippen LogP contribution in [0.5, 0.6) is 0 Å². The second kappa shape index (κ2) is 14.5. The van der Waals surface area contributed by atoms with Crippen LogP contribution in [0.15, 0.2) is 35.5 Å². The van der Waals surface area contributed by atoms with E-state index >= 15 is 0 Å². The predicted molar refractivity (Wildman–Crippen MR) is 157 cm³/mol. The summed E-state index contributed by atoms with van der Waals surface area (Å²) in [4.78, 5) is 78.5. The average Bonchev–Trinajstić information content (AvgIpc) is 3.44. The highest BCUT2D eigenvalue weighted by Gasteiger charge is 2.45. The van der Waals surface area contributed by atoms with Gasteiger partial charge in [-0.2, -0.15) is 4.68 Å². The SMILES string of the molecule is COC(=O)NC1CCC(=O)N2CCCC(C(=O)NC(CC(=O)OC(C)(C)C)C(=O)CSc3nnnn3-c3ccccc3)N2C1=O. The van der Waals surface area contributed by atoms with Crippen molar-refractivity contribution in [3.8, 4) is 5.69 Å². The summed E-state index contributed by atoms with van der Waals surface area (Å²) in [7, 11) is 1.15. The molecule has 1 aromatic carbocycles. The predicted octanol–water partition coefficient (Wildman–Crippen LogP) is 0.793. The fourth-order valence-electron chi connectivity index (χ4n) is 4.91. The molecule has 3 atom stereocenters. The molecular formula is C28H36N8O8S. The Labute approximate surface area is 263 Å². The maximum absolute atomic E-state index is 13.8. The molecule has 17 heteroatoms. The number of hydrogen-bond acceptors (Lipinski definition) is 12. The molecule has 242 valence electrons. The lowest BCUT2D eigenvalue weighted by Crippen LogP contribution is -2.64. The van der Waals surface area contributed by atoms with Gasteiger partial charge in [-0.05, 0) is 62.6 Å². The Hall–Kier alpha value is -4.54. The van der Waals surface area contributed by atoms with E-state index in [0.29, 0.717) is 17.3 Å². The van der Waals surface area contributed by atoms with Gasteiger partial charge < -0.3 is 20.1 Å². The van der Waals surface area contributed by atoms with Crippen LogP contribution in [0, 0.1) is 0 Å². The van der Waals surface area contributed by atoms with E-state index in [9.17, 15) is 28.8 Å². The summed E-state index contributed by atoms with van der Waals surface area (Å²) in [6.07, 6.45) is -0.753. The van der Waals surface area contributed by atoms with Crippen LogP contribution in [0.25, 0.3) is 5.69 Å². The van der Waals surface area contributed by atoms with Gasteiger partial charge in [0.15, 0.2) is 5.78 Å². The van der Waals surface area contributed by atoms with Crippen LogP contribution in [0.3, 0.4) is 0 Å². The molecule has 2 saturated heterocycles. The molecule has 45 heavy (non-hydrogen) atoms. The molecule has 3 heterocycles. The number of ether oxygens (including phenoxy) is 2. The maximum Gasteiger partial charge on any atom is 0.407 e. The quantitative estimate of drug-likeness (QED) is 0.273. The fourth-order valence-corrected chi connectivity index (χ4v) is 5.74. The van der Waals surface area contributed by atoms with Gasteiger partial charge in [-0.25, -0.2) is 9.80 Å². The van der Waals surface area contributed by atoms with Gasteiger partial charge in [0, 0.05) is 13.0 Å². The number of amides is 4. The molecular weight excluding hydrogens is 608 g/mol. The van der Waals surface area contributed by atoms with Gasteiger partial charge in [0.1, 0.15) is 17.7 Å². The van der Waals surface area contributed by atoms with E-state index in [1.165, 1.54) is 9.69 Å². The summed E-state index contributed by atoms with van der Waals surface area (Å²) in [5, 5.41) is 19.3. The van der Waals surface area contributed by atoms with Crippen molar-refractivity contribution >= 4 is 47.3 Å². The molecule has 2 fully saturated rings. The molecule has 16 nitrogen and oxygen atoms in total. The Morgan fingerprint density at radius 2 is 1.84 bits per heavy atom. The van der Waals surface area contributed by atoms with Crippen molar-refractivity contribution in [1.82, 2.24) is 40.9 Å². The van der Waals surface area contributed by atoms with Crippen molar-refractivity contribution in [3.63, 3.8) is 0 Å². The largest absolute Gasteiger partial charge is 0.460 e. The number of carbonyl (C=O) groups excluding carboxylic acids is 6. The number of methoxy groups -OCH3 is 1. The van der Waals surface area contributed by atoms with Gasteiger partial charge in [-0.3, -0.25) is 29.0 Å². The molecule has 4 amide bonds. The minimum absolute atomic E-state index is 0.0214. The molecule has 2 aliphatic rings. The van der Waals surface area contributed by atoms with Crippen molar-refractivity contribution in [2.45, 2.75) is 81.8 Å². The summed E-state index contributed by atoms with van der Waals surface area (Å²) in [6.45, 7) is 5.23. The lowest BCUT2D eigenvalue weighted by atomic mass is 10.0. The van der Waals surface area contributed by atoms with Gasteiger partial charge in [0.2, 0.25) is 17.0 Å². The van der Waals surface area contributed by atoms with Crippen LogP contribution in [0.4, 0.5) is 4.79 Å². The monoisotopic (exact) mass is 644 g/mol. The Morgan fingerprint density at radius 1 is 1.11 bits per heavy atom. The summed E-state index contributed by atoms with van der Waals surface area (Å²) < 4.78 is 11.5. The van der Waals surface area contributed by atoms with Crippen LogP contribution >= 0.6 is 11.8 Å². The normalized spacial score (nSPS) is 19.2. The first-order valence-corrected chi connectivity index (χ1v) is 15.4. The molecule has 1 aromatic heterocycles. The Morgan fingerprint density at radius 3 is 2.53 bits per heavy atom. The lowest BCUT2D eigenvalue weighted by molar-refractivity contribution is -0.176. The average molecular weight is 645 g/mol. The van der Waals surface area contributed by atoms with Gasteiger partial charge >= 0.3 is 12.1 Å². The summed E-state index contributed by atoms with van der Waals surface area (Å²) in [5.41, 5.74) is -0.166.